The molecule has 0 aromatic heterocycles. The fourth-order valence-corrected chi connectivity index (χ4v) is 3.82. The van der Waals surface area contributed by atoms with E-state index in [1.807, 2.05) is 69.3 Å². The van der Waals surface area contributed by atoms with Gasteiger partial charge >= 0.3 is 0 Å². The number of carbonyl (C=O) groups excluding carboxylic acids is 2. The fraction of sp³-hybridized carbons (Fsp3) is 0.300. The van der Waals surface area contributed by atoms with Crippen LogP contribution in [0.25, 0.3) is 0 Å². The van der Waals surface area contributed by atoms with Crippen LogP contribution in [0.4, 0.5) is 5.69 Å². The Bertz CT molecular complexity index is 826. The van der Waals surface area contributed by atoms with Gasteiger partial charge in [-0.1, -0.05) is 49.7 Å². The molecule has 2 aromatic carbocycles. The molecule has 2 aromatic rings. The molecule has 0 bridgehead atoms. The SMILES string of the molecule is Cc1ccc(N2C(=O)C(C(C)C)N3C(=O)c4ccccc4C23)cc1. The van der Waals surface area contributed by atoms with Gasteiger partial charge in [0, 0.05) is 16.8 Å². The van der Waals surface area contributed by atoms with E-state index in [0.29, 0.717) is 5.56 Å². The smallest absolute Gasteiger partial charge is 0.256 e. The summed E-state index contributed by atoms with van der Waals surface area (Å²) in [6, 6.07) is 15.1. The van der Waals surface area contributed by atoms with Crippen LogP contribution >= 0.6 is 0 Å². The van der Waals surface area contributed by atoms with E-state index in [1.165, 1.54) is 0 Å². The van der Waals surface area contributed by atoms with Gasteiger partial charge in [0.05, 0.1) is 0 Å². The topological polar surface area (TPSA) is 40.6 Å². The molecule has 122 valence electrons. The molecule has 0 spiro atoms. The number of fused-ring (bicyclic) bond motifs is 3. The summed E-state index contributed by atoms with van der Waals surface area (Å²) in [6.45, 7) is 6.01. The molecule has 2 unspecified atom stereocenters. The summed E-state index contributed by atoms with van der Waals surface area (Å²) < 4.78 is 0. The van der Waals surface area contributed by atoms with E-state index < -0.39 is 6.04 Å². The molecule has 2 aliphatic rings. The Balaban J connectivity index is 1.89. The number of benzene rings is 2. The van der Waals surface area contributed by atoms with Crippen molar-refractivity contribution in [1.29, 1.82) is 0 Å². The molecule has 2 aliphatic heterocycles. The lowest BCUT2D eigenvalue weighted by molar-refractivity contribution is -0.120. The minimum absolute atomic E-state index is 0.00158. The Labute approximate surface area is 141 Å². The normalized spacial score (nSPS) is 22.3. The fourth-order valence-electron chi connectivity index (χ4n) is 3.82. The molecule has 1 saturated heterocycles. The maximum atomic E-state index is 13.1. The van der Waals surface area contributed by atoms with E-state index in [0.717, 1.165) is 16.8 Å². The molecule has 2 heterocycles. The van der Waals surface area contributed by atoms with Gasteiger partial charge in [-0.15, -0.1) is 0 Å². The number of carbonyl (C=O) groups is 2. The van der Waals surface area contributed by atoms with Gasteiger partial charge in [-0.3, -0.25) is 14.5 Å². The van der Waals surface area contributed by atoms with E-state index in [-0.39, 0.29) is 23.9 Å². The monoisotopic (exact) mass is 320 g/mol. The summed E-state index contributed by atoms with van der Waals surface area (Å²) in [5.41, 5.74) is 3.61. The van der Waals surface area contributed by atoms with Crippen LogP contribution in [-0.4, -0.2) is 22.8 Å². The number of amides is 2. The Morgan fingerprint density at radius 3 is 2.29 bits per heavy atom. The Morgan fingerprint density at radius 2 is 1.62 bits per heavy atom. The largest absolute Gasteiger partial charge is 0.301 e. The van der Waals surface area contributed by atoms with Crippen LogP contribution in [-0.2, 0) is 4.79 Å². The molecule has 24 heavy (non-hydrogen) atoms. The first-order chi connectivity index (χ1) is 11.5. The van der Waals surface area contributed by atoms with Crippen LogP contribution in [0.15, 0.2) is 48.5 Å². The Kier molecular flexibility index (Phi) is 3.23. The van der Waals surface area contributed by atoms with Crippen LogP contribution in [0, 0.1) is 12.8 Å². The number of aryl methyl sites for hydroxylation is 1. The second kappa shape index (κ2) is 5.20. The predicted octanol–water partition coefficient (Wildman–Crippen LogP) is 3.52. The van der Waals surface area contributed by atoms with Crippen molar-refractivity contribution in [1.82, 2.24) is 4.90 Å². The first-order valence-electron chi connectivity index (χ1n) is 8.32. The third-order valence-corrected chi connectivity index (χ3v) is 4.95. The molecular weight excluding hydrogens is 300 g/mol. The molecule has 4 nitrogen and oxygen atoms in total. The lowest BCUT2D eigenvalue weighted by Gasteiger charge is -2.26. The molecule has 4 rings (SSSR count). The van der Waals surface area contributed by atoms with Crippen molar-refractivity contribution >= 4 is 17.5 Å². The van der Waals surface area contributed by atoms with Gasteiger partial charge < -0.3 is 4.90 Å². The van der Waals surface area contributed by atoms with Gasteiger partial charge in [0.15, 0.2) is 0 Å². The maximum absolute atomic E-state index is 13.1. The lowest BCUT2D eigenvalue weighted by Crippen LogP contribution is -2.39. The first kappa shape index (κ1) is 14.9. The highest BCUT2D eigenvalue weighted by Crippen LogP contribution is 2.46. The molecule has 0 N–H and O–H groups in total. The summed E-state index contributed by atoms with van der Waals surface area (Å²) in [4.78, 5) is 29.6. The van der Waals surface area contributed by atoms with Crippen molar-refractivity contribution in [2.45, 2.75) is 33.0 Å². The zero-order chi connectivity index (χ0) is 17.0. The highest BCUT2D eigenvalue weighted by atomic mass is 16.2. The van der Waals surface area contributed by atoms with Crippen LogP contribution in [0.5, 0.6) is 0 Å². The van der Waals surface area contributed by atoms with Gasteiger partial charge in [0.25, 0.3) is 11.8 Å². The van der Waals surface area contributed by atoms with E-state index in [9.17, 15) is 9.59 Å². The predicted molar refractivity (Wildman–Crippen MR) is 92.6 cm³/mol. The second-order valence-corrected chi connectivity index (χ2v) is 6.91. The van der Waals surface area contributed by atoms with E-state index in [1.54, 1.807) is 9.80 Å². The van der Waals surface area contributed by atoms with Crippen LogP contribution < -0.4 is 4.90 Å². The third kappa shape index (κ3) is 1.92. The zero-order valence-electron chi connectivity index (χ0n) is 14.1. The van der Waals surface area contributed by atoms with E-state index in [2.05, 4.69) is 0 Å². The van der Waals surface area contributed by atoms with Crippen LogP contribution in [0.1, 0.15) is 41.5 Å². The van der Waals surface area contributed by atoms with E-state index in [4.69, 9.17) is 0 Å². The standard InChI is InChI=1S/C20H20N2O2/c1-12(2)17-20(24)21(14-10-8-13(3)9-11-14)18-15-6-4-5-7-16(15)19(23)22(17)18/h4-12,17-18H,1-3H3. The summed E-state index contributed by atoms with van der Waals surface area (Å²) in [5, 5.41) is 0. The third-order valence-electron chi connectivity index (χ3n) is 4.95. The number of hydrogen-bond acceptors (Lipinski definition) is 2. The highest BCUT2D eigenvalue weighted by molar-refractivity contribution is 6.10. The first-order valence-corrected chi connectivity index (χ1v) is 8.32. The van der Waals surface area contributed by atoms with Gasteiger partial charge in [0.1, 0.15) is 12.2 Å². The minimum Gasteiger partial charge on any atom is -0.301 e. The van der Waals surface area contributed by atoms with Crippen LogP contribution in [0.2, 0.25) is 0 Å². The van der Waals surface area contributed by atoms with Crippen molar-refractivity contribution in [2.75, 3.05) is 4.90 Å². The number of hydrogen-bond donors (Lipinski definition) is 0. The summed E-state index contributed by atoms with van der Waals surface area (Å²) in [5.74, 6) is 0.0210. The van der Waals surface area contributed by atoms with Crippen molar-refractivity contribution in [3.63, 3.8) is 0 Å². The Morgan fingerprint density at radius 1 is 0.958 bits per heavy atom. The quantitative estimate of drug-likeness (QED) is 0.849. The van der Waals surface area contributed by atoms with Crippen molar-refractivity contribution in [3.8, 4) is 0 Å². The molecule has 0 radical (unpaired) electrons. The molecule has 0 aliphatic carbocycles. The maximum Gasteiger partial charge on any atom is 0.256 e. The number of nitrogens with zero attached hydrogens (tertiary/aromatic N) is 2. The summed E-state index contributed by atoms with van der Waals surface area (Å²) in [6.07, 6.45) is -0.337. The van der Waals surface area contributed by atoms with Crippen molar-refractivity contribution < 1.29 is 9.59 Å². The minimum atomic E-state index is -0.420. The zero-order valence-corrected chi connectivity index (χ0v) is 14.1. The van der Waals surface area contributed by atoms with Gasteiger partial charge in [0.2, 0.25) is 0 Å². The Hall–Kier alpha value is -2.62. The van der Waals surface area contributed by atoms with Gasteiger partial charge in [-0.2, -0.15) is 0 Å². The number of anilines is 1. The summed E-state index contributed by atoms with van der Waals surface area (Å²) >= 11 is 0. The van der Waals surface area contributed by atoms with E-state index >= 15 is 0 Å². The molecule has 0 saturated carbocycles. The highest BCUT2D eigenvalue weighted by Gasteiger charge is 2.55. The lowest BCUT2D eigenvalue weighted by atomic mass is 10.0. The average molecular weight is 320 g/mol. The molecular formula is C20H20N2O2. The van der Waals surface area contributed by atoms with Gasteiger partial charge in [-0.05, 0) is 31.0 Å². The van der Waals surface area contributed by atoms with Crippen molar-refractivity contribution in [3.05, 3.63) is 65.2 Å². The second-order valence-electron chi connectivity index (χ2n) is 6.91. The molecule has 2 amide bonds. The average Bonchev–Trinajstić information content (AvgIpc) is 3.02. The number of rotatable bonds is 2. The summed E-state index contributed by atoms with van der Waals surface area (Å²) in [7, 11) is 0. The molecule has 2 atom stereocenters. The van der Waals surface area contributed by atoms with Crippen molar-refractivity contribution in [2.24, 2.45) is 5.92 Å². The molecule has 4 heteroatoms. The van der Waals surface area contributed by atoms with Gasteiger partial charge in [-0.25, -0.2) is 0 Å². The molecule has 1 fully saturated rings. The van der Waals surface area contributed by atoms with Crippen LogP contribution in [0.3, 0.4) is 0 Å².